The first-order valence-corrected chi connectivity index (χ1v) is 50.6. The zero-order valence-corrected chi connectivity index (χ0v) is 85.6. The van der Waals surface area contributed by atoms with E-state index >= 15 is 0 Å². The minimum absolute atomic E-state index is 0.00742. The molecule has 24 aromatic rings. The second kappa shape index (κ2) is 41.4. The van der Waals surface area contributed by atoms with E-state index in [-0.39, 0.29) is 22.6 Å². The van der Waals surface area contributed by atoms with Crippen LogP contribution in [0.15, 0.2) is 401 Å². The van der Waals surface area contributed by atoms with Crippen LogP contribution in [0.2, 0.25) is 0 Å². The number of hydrogen-bond donors (Lipinski definition) is 0. The van der Waals surface area contributed by atoms with Crippen LogP contribution in [0.5, 0.6) is 0 Å². The molecule has 1 aliphatic carbocycles. The third-order valence-corrected chi connectivity index (χ3v) is 29.2. The second-order valence-corrected chi connectivity index (χ2v) is 39.2. The second-order valence-electron chi connectivity index (χ2n) is 39.2. The minimum atomic E-state index is -2.50. The highest BCUT2D eigenvalue weighted by Gasteiger charge is 2.33. The summed E-state index contributed by atoms with van der Waals surface area (Å²) in [6.45, 7) is 4.49. The van der Waals surface area contributed by atoms with Crippen molar-refractivity contribution in [2.75, 3.05) is 0 Å². The van der Waals surface area contributed by atoms with Gasteiger partial charge in [0.25, 0.3) is 0 Å². The van der Waals surface area contributed by atoms with Crippen molar-refractivity contribution in [3.8, 4) is 123 Å². The van der Waals surface area contributed by atoms with E-state index in [4.69, 9.17) is 41.0 Å². The maximum absolute atomic E-state index is 8.96. The van der Waals surface area contributed by atoms with Gasteiger partial charge in [-0.2, -0.15) is 0 Å². The molecular weight excluding hydrogens is 1800 g/mol. The predicted octanol–water partition coefficient (Wildman–Crippen LogP) is 34.2. The van der Waals surface area contributed by atoms with Crippen LogP contribution in [0.1, 0.15) is 127 Å². The molecule has 1 saturated carbocycles. The molecule has 0 bridgehead atoms. The van der Waals surface area contributed by atoms with E-state index in [1.807, 2.05) is 284 Å². The van der Waals surface area contributed by atoms with Gasteiger partial charge in [0.2, 0.25) is 28.5 Å². The van der Waals surface area contributed by atoms with Crippen molar-refractivity contribution < 1.29 is 63.8 Å². The molecule has 728 valence electrons. The summed E-state index contributed by atoms with van der Waals surface area (Å²) >= 11 is 0. The molecule has 0 unspecified atom stereocenters. The van der Waals surface area contributed by atoms with Crippen LogP contribution in [0, 0.1) is 95.6 Å². The maximum atomic E-state index is 8.96. The molecule has 25 rings (SSSR count). The zero-order chi connectivity index (χ0) is 117. The minimum Gasteiger partial charge on any atom is -0.455 e. The van der Waals surface area contributed by atoms with Crippen LogP contribution in [0.25, 0.3) is 211 Å². The molecule has 9 aromatic heterocycles. The van der Waals surface area contributed by atoms with Crippen LogP contribution in [0.3, 0.4) is 0 Å². The van der Waals surface area contributed by atoms with Gasteiger partial charge in [0.1, 0.15) is 79.9 Å². The molecule has 0 amide bonds. The standard InChI is InChI=1S/C33H28NO.C28H26NO.C27H24NO.C26H22NO.C25H28N/c1-21-16-17-27-26-13-8-9-15-29(26)35-33(27)31(21)32-28(14-10-18-34(32)4)30-22(2)19-25(20-23(30)3)24-11-6-5-7-12-24;1-17-15-19(3)25(20(4)16-17)23-10-8-14-29(5)27(23)26-18(2)12-13-22-21-9-6-7-11-24(21)30-28(22)26;1-17-9-7-10-18(2)24(17)22-12-8-16-28(4)26(22)25-19(3)14-15-21-20-11-5-6-13-23(20)29-27(21)25;1-17-9-4-5-10-19(17)21-12-8-16-27(3)25(21)24-18(2)14-15-22-20-11-6-7-13-23(20)28-26(22)24;1-19-9-8-14-22(17-20-10-6-7-11-20)25(19)24-16-15-23(18-26(24)2)21-12-4-3-5-13-21/h5-20H,1-4H3;6-16H,1-5H3;5-16H,1-4H3;4-16H,1-3H3;3-5,8-9,12-16,18,20H,6-7,10-11,17H2,1-2H3/q5*+1/i2D3;3D3;1D3,2D3;1D3;17D2. The third kappa shape index (κ3) is 18.6. The summed E-state index contributed by atoms with van der Waals surface area (Å²) in [5.41, 5.74) is 35.5. The quantitative estimate of drug-likeness (QED) is 0.108. The maximum Gasteiger partial charge on any atom is 0.224 e. The Labute approximate surface area is 893 Å². The monoisotopic (exact) mass is 1950 g/mol. The Kier molecular flexibility index (Phi) is 22.0. The Morgan fingerprint density at radius 3 is 0.993 bits per heavy atom. The van der Waals surface area contributed by atoms with Crippen LogP contribution >= 0.6 is 0 Å². The number of benzene rings is 15. The fraction of sp³-hybridized carbons (Fsp3) is 0.173. The Balaban J connectivity index is 0.000000118. The predicted molar refractivity (Wildman–Crippen MR) is 614 cm³/mol. The van der Waals surface area contributed by atoms with Gasteiger partial charge in [0.15, 0.2) is 31.0 Å². The van der Waals surface area contributed by atoms with Gasteiger partial charge in [-0.1, -0.05) is 298 Å². The number of aryl methyl sites for hydroxylation is 18. The highest BCUT2D eigenvalue weighted by molar-refractivity contribution is 6.15. The Bertz CT molecular complexity index is 9970. The Morgan fingerprint density at radius 1 is 0.243 bits per heavy atom. The van der Waals surface area contributed by atoms with E-state index in [1.165, 1.54) is 29.3 Å². The third-order valence-electron chi connectivity index (χ3n) is 29.2. The van der Waals surface area contributed by atoms with Gasteiger partial charge in [0.05, 0.1) is 50.1 Å². The molecule has 0 radical (unpaired) electrons. The van der Waals surface area contributed by atoms with Crippen molar-refractivity contribution in [3.63, 3.8) is 0 Å². The summed E-state index contributed by atoms with van der Waals surface area (Å²) in [7, 11) is 9.91. The SMILES string of the molecule is [2H]C([2H])([2H])c1cc(-c2ccccc2)cc(C)c1-c1ccc[n+](C)c1-c1c(C)ccc2c1oc1ccccc12.[2H]C([2H])([2H])c1cc(C)cc(C)c1-c1ccc[n+](C)c1-c1c(C)ccc2c1oc1ccccc12.[2H]C([2H])([2H])c1cccc(C([2H])([2H])[2H])c1-c1ccc[n+](C)c1-c1c(C)ccc2c1oc1ccccc12.[2H]C([2H])([2H])c1ccccc1-c1ccc[n+](C)c1-c1c(C)ccc2c1oc1ccccc12.[2H]C([2H])(c1cccc(C)c1-c1ccc(-c2ccccc2)c[n+]1C)C1CCCC1. The number of pyridine rings is 5. The summed E-state index contributed by atoms with van der Waals surface area (Å²) in [6.07, 6.45) is 13.0. The van der Waals surface area contributed by atoms with Crippen LogP contribution in [0.4, 0.5) is 0 Å². The number of furan rings is 4. The average Bonchev–Trinajstić information content (AvgIpc) is 1.60. The zero-order valence-electron chi connectivity index (χ0n) is 103. The lowest BCUT2D eigenvalue weighted by Gasteiger charge is -2.16. The summed E-state index contributed by atoms with van der Waals surface area (Å²) in [6, 6.07) is 114. The number of nitrogens with zero attached hydrogens (tertiary/aromatic N) is 5. The fourth-order valence-corrected chi connectivity index (χ4v) is 22.2. The number of rotatable bonds is 13. The number of hydrogen-bond acceptors (Lipinski definition) is 4. The van der Waals surface area contributed by atoms with Gasteiger partial charge in [0, 0.05) is 102 Å². The van der Waals surface area contributed by atoms with Gasteiger partial charge in [-0.05, 0) is 268 Å². The highest BCUT2D eigenvalue weighted by atomic mass is 16.3. The van der Waals surface area contributed by atoms with Crippen molar-refractivity contribution in [2.24, 2.45) is 41.2 Å². The molecule has 0 atom stereocenters. The summed E-state index contributed by atoms with van der Waals surface area (Å²) in [5.74, 6) is 0.113. The molecule has 9 nitrogen and oxygen atoms in total. The van der Waals surface area contributed by atoms with Gasteiger partial charge < -0.3 is 17.7 Å². The van der Waals surface area contributed by atoms with E-state index in [0.29, 0.717) is 39.1 Å². The lowest BCUT2D eigenvalue weighted by Crippen LogP contribution is -2.31. The van der Waals surface area contributed by atoms with Gasteiger partial charge >= 0.3 is 0 Å². The van der Waals surface area contributed by atoms with Gasteiger partial charge in [-0.3, -0.25) is 0 Å². The van der Waals surface area contributed by atoms with E-state index in [2.05, 4.69) is 164 Å². The Morgan fingerprint density at radius 2 is 0.568 bits per heavy atom. The molecule has 148 heavy (non-hydrogen) atoms. The molecule has 9 heterocycles. The lowest BCUT2D eigenvalue weighted by atomic mass is 9.88. The number of aromatic nitrogens is 5. The highest BCUT2D eigenvalue weighted by Crippen LogP contribution is 2.49. The first-order valence-electron chi connectivity index (χ1n) is 59.1. The normalized spacial score (nSPS) is 14.2. The molecule has 0 saturated heterocycles. The van der Waals surface area contributed by atoms with Crippen LogP contribution in [-0.2, 0) is 41.6 Å². The van der Waals surface area contributed by atoms with Crippen molar-refractivity contribution in [1.29, 1.82) is 0 Å². The molecule has 0 spiro atoms. The largest absolute Gasteiger partial charge is 0.455 e. The summed E-state index contributed by atoms with van der Waals surface area (Å²) in [5, 5.41) is 8.28. The van der Waals surface area contributed by atoms with Crippen LogP contribution in [-0.4, -0.2) is 0 Å². The lowest BCUT2D eigenvalue weighted by molar-refractivity contribution is -0.660. The van der Waals surface area contributed by atoms with E-state index in [0.717, 1.165) is 247 Å². The molecule has 0 N–H and O–H groups in total. The van der Waals surface area contributed by atoms with Crippen molar-refractivity contribution in [2.45, 2.75) is 122 Å². The smallest absolute Gasteiger partial charge is 0.224 e. The van der Waals surface area contributed by atoms with Crippen molar-refractivity contribution >= 4 is 87.8 Å². The first kappa shape index (κ1) is 78.7. The topological polar surface area (TPSA) is 72.0 Å². The van der Waals surface area contributed by atoms with Gasteiger partial charge in [-0.15, -0.1) is 0 Å². The molecule has 1 fully saturated rings. The molecular formula is C139H128N5O4+5. The summed E-state index contributed by atoms with van der Waals surface area (Å²) in [4.78, 5) is 0. The van der Waals surface area contributed by atoms with E-state index in [1.54, 1.807) is 30.3 Å². The van der Waals surface area contributed by atoms with Gasteiger partial charge in [-0.25, -0.2) is 22.8 Å². The van der Waals surface area contributed by atoms with Crippen molar-refractivity contribution in [3.05, 3.63) is 461 Å². The average molecular weight is 1950 g/mol. The summed E-state index contributed by atoms with van der Waals surface area (Å²) < 4.78 is 177. The molecule has 0 aliphatic heterocycles. The molecule has 1 aliphatic rings. The molecule has 15 aromatic carbocycles. The fourth-order valence-electron chi connectivity index (χ4n) is 22.2. The number of fused-ring (bicyclic) bond motifs is 12. The molecule has 9 heteroatoms. The first-order chi connectivity index (χ1) is 78.7. The van der Waals surface area contributed by atoms with E-state index < -0.39 is 40.6 Å². The van der Waals surface area contributed by atoms with E-state index in [9.17, 15) is 0 Å². The van der Waals surface area contributed by atoms with Crippen molar-refractivity contribution in [1.82, 2.24) is 0 Å². The Hall–Kier alpha value is -16.8. The number of para-hydroxylation sites is 4. The van der Waals surface area contributed by atoms with Crippen LogP contribution < -0.4 is 22.8 Å².